The van der Waals surface area contributed by atoms with E-state index in [0.717, 1.165) is 17.7 Å². The topological polar surface area (TPSA) is 93.5 Å². The first kappa shape index (κ1) is 24.5. The van der Waals surface area contributed by atoms with Gasteiger partial charge in [0.25, 0.3) is 11.5 Å². The third kappa shape index (κ3) is 5.45. The lowest BCUT2D eigenvalue weighted by atomic mass is 10.1. The van der Waals surface area contributed by atoms with E-state index in [9.17, 15) is 18.4 Å². The summed E-state index contributed by atoms with van der Waals surface area (Å²) in [5, 5.41) is 11.8. The molecule has 0 saturated heterocycles. The van der Waals surface area contributed by atoms with Crippen molar-refractivity contribution >= 4 is 21.8 Å². The minimum Gasteiger partial charge on any atom is -0.472 e. The second-order valence-electron chi connectivity index (χ2n) is 7.50. The molecule has 1 heterocycles. The highest BCUT2D eigenvalue weighted by atomic mass is 79.9. The molecule has 1 aromatic heterocycles. The lowest BCUT2D eigenvalue weighted by molar-refractivity contribution is 0.0922. The van der Waals surface area contributed by atoms with Crippen LogP contribution in [0.1, 0.15) is 34.2 Å². The van der Waals surface area contributed by atoms with Gasteiger partial charge >= 0.3 is 0 Å². The summed E-state index contributed by atoms with van der Waals surface area (Å²) in [7, 11) is 0. The minimum absolute atomic E-state index is 0.0128. The van der Waals surface area contributed by atoms with E-state index in [0.29, 0.717) is 11.3 Å². The molecular formula is C23H22BrF2N3O4. The molecule has 10 heteroatoms. The molecule has 0 fully saturated rings. The van der Waals surface area contributed by atoms with Crippen LogP contribution in [0.3, 0.4) is 0 Å². The molecule has 0 saturated carbocycles. The first-order chi connectivity index (χ1) is 15.6. The number of benzene rings is 2. The standard InChI is InChI=1S/C23H22BrF2N3O4/c1-12-4-5-15(21(31)27-13(2)10-30)8-19(12)29-14(3)28-22(20(24)23(29)32)33-11-16-6-7-17(25)9-18(16)26/h4-9,13,30H,10-11H2,1-3H3,(H,27,31)/t13-/m0/s1. The molecule has 0 unspecified atom stereocenters. The first-order valence-electron chi connectivity index (χ1n) is 10.0. The molecule has 1 amide bonds. The largest absolute Gasteiger partial charge is 0.472 e. The van der Waals surface area contributed by atoms with Gasteiger partial charge in [0, 0.05) is 23.2 Å². The highest BCUT2D eigenvalue weighted by Crippen LogP contribution is 2.24. The summed E-state index contributed by atoms with van der Waals surface area (Å²) in [5.74, 6) is -1.62. The zero-order valence-corrected chi connectivity index (χ0v) is 19.7. The Morgan fingerprint density at radius 3 is 2.64 bits per heavy atom. The molecular weight excluding hydrogens is 500 g/mol. The van der Waals surface area contributed by atoms with Gasteiger partial charge in [-0.1, -0.05) is 6.07 Å². The number of nitrogens with zero attached hydrogens (tertiary/aromatic N) is 2. The molecule has 33 heavy (non-hydrogen) atoms. The van der Waals surface area contributed by atoms with Crippen LogP contribution in [0.2, 0.25) is 0 Å². The fourth-order valence-corrected chi connectivity index (χ4v) is 3.47. The summed E-state index contributed by atoms with van der Waals surface area (Å²) < 4.78 is 33.8. The van der Waals surface area contributed by atoms with Gasteiger partial charge in [-0.3, -0.25) is 14.2 Å². The van der Waals surface area contributed by atoms with Gasteiger partial charge in [0.2, 0.25) is 5.88 Å². The molecule has 3 aromatic rings. The summed E-state index contributed by atoms with van der Waals surface area (Å²) in [6, 6.07) is 7.57. The maximum Gasteiger partial charge on any atom is 0.276 e. The van der Waals surface area contributed by atoms with Crippen molar-refractivity contribution in [2.75, 3.05) is 6.61 Å². The Bertz CT molecular complexity index is 1260. The molecule has 1 atom stereocenters. The highest BCUT2D eigenvalue weighted by Gasteiger charge is 2.19. The molecule has 0 radical (unpaired) electrons. The van der Waals surface area contributed by atoms with Crippen molar-refractivity contribution in [1.29, 1.82) is 0 Å². The molecule has 0 aliphatic carbocycles. The van der Waals surface area contributed by atoms with Gasteiger partial charge in [0.1, 0.15) is 28.5 Å². The number of aromatic nitrogens is 2. The quantitative estimate of drug-likeness (QED) is 0.495. The number of carbonyl (C=O) groups is 1. The summed E-state index contributed by atoms with van der Waals surface area (Å²) in [6.45, 7) is 4.59. The van der Waals surface area contributed by atoms with Gasteiger partial charge in [0.15, 0.2) is 0 Å². The van der Waals surface area contributed by atoms with Crippen molar-refractivity contribution in [2.45, 2.75) is 33.4 Å². The van der Waals surface area contributed by atoms with Crippen LogP contribution in [-0.4, -0.2) is 33.2 Å². The Hall–Kier alpha value is -3.11. The zero-order valence-electron chi connectivity index (χ0n) is 18.2. The normalized spacial score (nSPS) is 11.8. The number of rotatable bonds is 7. The molecule has 2 N–H and O–H groups in total. The SMILES string of the molecule is Cc1ccc(C(=O)N[C@@H](C)CO)cc1-n1c(C)nc(OCc2ccc(F)cc2F)c(Br)c1=O. The van der Waals surface area contributed by atoms with E-state index in [1.807, 2.05) is 0 Å². The second kappa shape index (κ2) is 10.2. The second-order valence-corrected chi connectivity index (χ2v) is 8.29. The summed E-state index contributed by atoms with van der Waals surface area (Å²) in [6.07, 6.45) is 0. The van der Waals surface area contributed by atoms with Crippen LogP contribution in [0.15, 0.2) is 45.7 Å². The third-order valence-corrected chi connectivity index (χ3v) is 5.59. The van der Waals surface area contributed by atoms with E-state index >= 15 is 0 Å². The van der Waals surface area contributed by atoms with E-state index in [2.05, 4.69) is 26.2 Å². The van der Waals surface area contributed by atoms with Crippen molar-refractivity contribution in [3.8, 4) is 11.6 Å². The number of aliphatic hydroxyl groups is 1. The maximum absolute atomic E-state index is 13.9. The van der Waals surface area contributed by atoms with E-state index in [-0.39, 0.29) is 35.0 Å². The number of aliphatic hydroxyl groups excluding tert-OH is 1. The number of halogens is 3. The molecule has 0 aliphatic rings. The Morgan fingerprint density at radius 1 is 1.24 bits per heavy atom. The lowest BCUT2D eigenvalue weighted by Crippen LogP contribution is -2.35. The molecule has 0 bridgehead atoms. The summed E-state index contributed by atoms with van der Waals surface area (Å²) in [4.78, 5) is 29.9. The molecule has 7 nitrogen and oxygen atoms in total. The molecule has 2 aromatic carbocycles. The Kier molecular flexibility index (Phi) is 7.60. The number of hydrogen-bond acceptors (Lipinski definition) is 5. The van der Waals surface area contributed by atoms with E-state index in [1.54, 1.807) is 39.0 Å². The average Bonchev–Trinajstić information content (AvgIpc) is 2.77. The molecule has 174 valence electrons. The van der Waals surface area contributed by atoms with Crippen LogP contribution in [0.25, 0.3) is 5.69 Å². The van der Waals surface area contributed by atoms with Crippen LogP contribution in [0.4, 0.5) is 8.78 Å². The monoisotopic (exact) mass is 521 g/mol. The number of nitrogens with one attached hydrogen (secondary N) is 1. The Labute approximate surface area is 197 Å². The maximum atomic E-state index is 13.9. The van der Waals surface area contributed by atoms with Gasteiger partial charge in [-0.25, -0.2) is 8.78 Å². The van der Waals surface area contributed by atoms with Gasteiger partial charge < -0.3 is 15.2 Å². The van der Waals surface area contributed by atoms with E-state index in [1.165, 1.54) is 10.6 Å². The molecule has 0 aliphatic heterocycles. The number of ether oxygens (including phenoxy) is 1. The predicted octanol–water partition coefficient (Wildman–Crippen LogP) is 3.58. The van der Waals surface area contributed by atoms with Crippen LogP contribution >= 0.6 is 15.9 Å². The Balaban J connectivity index is 1.95. The highest BCUT2D eigenvalue weighted by molar-refractivity contribution is 9.10. The van der Waals surface area contributed by atoms with Crippen LogP contribution in [-0.2, 0) is 6.61 Å². The van der Waals surface area contributed by atoms with Crippen molar-refractivity contribution in [2.24, 2.45) is 0 Å². The van der Waals surface area contributed by atoms with E-state index < -0.39 is 29.1 Å². The fourth-order valence-electron chi connectivity index (χ4n) is 3.09. The van der Waals surface area contributed by atoms with Crippen molar-refractivity contribution in [3.63, 3.8) is 0 Å². The fraction of sp³-hybridized carbons (Fsp3) is 0.261. The first-order valence-corrected chi connectivity index (χ1v) is 10.8. The number of carbonyl (C=O) groups excluding carboxylic acids is 1. The summed E-state index contributed by atoms with van der Waals surface area (Å²) in [5.41, 5.74) is 1.11. The van der Waals surface area contributed by atoms with Gasteiger partial charge in [0.05, 0.1) is 12.3 Å². The van der Waals surface area contributed by atoms with Crippen LogP contribution in [0.5, 0.6) is 5.88 Å². The summed E-state index contributed by atoms with van der Waals surface area (Å²) >= 11 is 3.20. The third-order valence-electron chi connectivity index (χ3n) is 4.91. The van der Waals surface area contributed by atoms with Gasteiger partial charge in [-0.15, -0.1) is 0 Å². The van der Waals surface area contributed by atoms with Crippen LogP contribution in [0, 0.1) is 25.5 Å². The van der Waals surface area contributed by atoms with Gasteiger partial charge in [-0.2, -0.15) is 4.98 Å². The Morgan fingerprint density at radius 2 is 1.97 bits per heavy atom. The van der Waals surface area contributed by atoms with Crippen molar-refractivity contribution < 1.29 is 23.4 Å². The molecule has 0 spiro atoms. The zero-order chi connectivity index (χ0) is 24.3. The van der Waals surface area contributed by atoms with Crippen molar-refractivity contribution in [1.82, 2.24) is 14.9 Å². The molecule has 3 rings (SSSR count). The van der Waals surface area contributed by atoms with Crippen molar-refractivity contribution in [3.05, 3.63) is 85.4 Å². The predicted molar refractivity (Wildman–Crippen MR) is 122 cm³/mol. The number of amides is 1. The van der Waals surface area contributed by atoms with Gasteiger partial charge in [-0.05, 0) is 66.5 Å². The van der Waals surface area contributed by atoms with Crippen LogP contribution < -0.4 is 15.6 Å². The van der Waals surface area contributed by atoms with E-state index in [4.69, 9.17) is 9.84 Å². The number of aryl methyl sites for hydroxylation is 2. The minimum atomic E-state index is -0.766. The smallest absolute Gasteiger partial charge is 0.276 e. The lowest BCUT2D eigenvalue weighted by Gasteiger charge is -2.17. The average molecular weight is 522 g/mol. The number of hydrogen-bond donors (Lipinski definition) is 2.